The average Bonchev–Trinajstić information content (AvgIpc) is 3.09. The third-order valence-electron chi connectivity index (χ3n) is 4.24. The van der Waals surface area contributed by atoms with E-state index in [0.717, 1.165) is 22.6 Å². The molecule has 0 aliphatic carbocycles. The third-order valence-corrected chi connectivity index (χ3v) is 4.95. The molecule has 0 fully saturated rings. The molecule has 8 heteroatoms. The van der Waals surface area contributed by atoms with E-state index >= 15 is 0 Å². The van der Waals surface area contributed by atoms with Crippen LogP contribution in [0.3, 0.4) is 0 Å². The highest BCUT2D eigenvalue weighted by Crippen LogP contribution is 2.27. The van der Waals surface area contributed by atoms with E-state index in [-0.39, 0.29) is 12.5 Å². The average molecular weight is 392 g/mol. The summed E-state index contributed by atoms with van der Waals surface area (Å²) >= 11 is 12.5. The van der Waals surface area contributed by atoms with E-state index in [1.54, 1.807) is 33.8 Å². The first-order chi connectivity index (χ1) is 12.4. The summed E-state index contributed by atoms with van der Waals surface area (Å²) in [6.45, 7) is 6.24. The van der Waals surface area contributed by atoms with Gasteiger partial charge in [-0.2, -0.15) is 10.2 Å². The largest absolute Gasteiger partial charge is 0.321 e. The number of carbonyl (C=O) groups excluding carboxylic acids is 1. The van der Waals surface area contributed by atoms with E-state index in [1.165, 1.54) is 0 Å². The predicted molar refractivity (Wildman–Crippen MR) is 103 cm³/mol. The molecule has 0 saturated carbocycles. The minimum Gasteiger partial charge on any atom is -0.321 e. The van der Waals surface area contributed by atoms with E-state index in [9.17, 15) is 4.79 Å². The molecule has 2 heterocycles. The molecule has 1 aromatic carbocycles. The Labute approximate surface area is 161 Å². The van der Waals surface area contributed by atoms with Crippen LogP contribution in [-0.4, -0.2) is 25.5 Å². The van der Waals surface area contributed by atoms with E-state index in [1.807, 2.05) is 26.8 Å². The fourth-order valence-electron chi connectivity index (χ4n) is 2.74. The maximum absolute atomic E-state index is 12.4. The highest BCUT2D eigenvalue weighted by molar-refractivity contribution is 6.35. The number of amides is 1. The molecule has 6 nitrogen and oxygen atoms in total. The van der Waals surface area contributed by atoms with Gasteiger partial charge in [-0.15, -0.1) is 0 Å². The molecule has 2 aromatic heterocycles. The summed E-state index contributed by atoms with van der Waals surface area (Å²) in [4.78, 5) is 12.4. The first kappa shape index (κ1) is 18.5. The molecule has 0 radical (unpaired) electrons. The number of aryl methyl sites for hydroxylation is 2. The Hall–Kier alpha value is -2.31. The molecule has 3 aromatic rings. The first-order valence-electron chi connectivity index (χ1n) is 8.12. The molecule has 0 atom stereocenters. The van der Waals surface area contributed by atoms with Crippen LogP contribution in [0.2, 0.25) is 10.0 Å². The summed E-state index contributed by atoms with van der Waals surface area (Å²) < 4.78 is 3.44. The molecule has 0 saturated heterocycles. The number of hydrogen-bond donors (Lipinski definition) is 1. The normalized spacial score (nSPS) is 11.0. The van der Waals surface area contributed by atoms with E-state index in [4.69, 9.17) is 23.2 Å². The van der Waals surface area contributed by atoms with Crippen LogP contribution in [0.15, 0.2) is 30.5 Å². The molecule has 0 aliphatic rings. The summed E-state index contributed by atoms with van der Waals surface area (Å²) in [5.41, 5.74) is 3.99. The fourth-order valence-corrected chi connectivity index (χ4v) is 3.26. The molecule has 1 amide bonds. The maximum Gasteiger partial charge on any atom is 0.246 e. The van der Waals surface area contributed by atoms with Gasteiger partial charge in [0.15, 0.2) is 0 Å². The smallest absolute Gasteiger partial charge is 0.246 e. The Kier molecular flexibility index (Phi) is 5.34. The highest BCUT2D eigenvalue weighted by atomic mass is 35.5. The summed E-state index contributed by atoms with van der Waals surface area (Å²) in [5.74, 6) is -0.154. The number of aromatic nitrogens is 4. The molecular weight excluding hydrogens is 373 g/mol. The van der Waals surface area contributed by atoms with Crippen LogP contribution >= 0.6 is 23.2 Å². The molecule has 0 bridgehead atoms. The Morgan fingerprint density at radius 3 is 2.42 bits per heavy atom. The Morgan fingerprint density at radius 2 is 1.81 bits per heavy atom. The molecule has 26 heavy (non-hydrogen) atoms. The van der Waals surface area contributed by atoms with Gasteiger partial charge in [-0.05, 0) is 39.0 Å². The van der Waals surface area contributed by atoms with Crippen LogP contribution in [0.5, 0.6) is 0 Å². The highest BCUT2D eigenvalue weighted by Gasteiger charge is 2.16. The second-order valence-electron chi connectivity index (χ2n) is 6.08. The van der Waals surface area contributed by atoms with Crippen molar-refractivity contribution in [1.29, 1.82) is 0 Å². The SMILES string of the molecule is Cc1nn(Cc2c(Cl)cccc2Cl)c(C)c1NC(=O)Cn1nccc1C. The summed E-state index contributed by atoms with van der Waals surface area (Å²) in [6, 6.07) is 7.25. The van der Waals surface area contributed by atoms with Crippen LogP contribution in [0.1, 0.15) is 22.6 Å². The lowest BCUT2D eigenvalue weighted by Gasteiger charge is -2.10. The zero-order valence-electron chi connectivity index (χ0n) is 14.8. The minimum atomic E-state index is -0.154. The van der Waals surface area contributed by atoms with Gasteiger partial charge < -0.3 is 5.32 Å². The lowest BCUT2D eigenvalue weighted by Crippen LogP contribution is -2.21. The van der Waals surface area contributed by atoms with Crippen molar-refractivity contribution in [2.45, 2.75) is 33.9 Å². The number of nitrogens with one attached hydrogen (secondary N) is 1. The van der Waals surface area contributed by atoms with Gasteiger partial charge in [0.25, 0.3) is 0 Å². The van der Waals surface area contributed by atoms with Crippen molar-refractivity contribution in [2.24, 2.45) is 0 Å². The van der Waals surface area contributed by atoms with Crippen LogP contribution in [0, 0.1) is 20.8 Å². The number of rotatable bonds is 5. The molecule has 136 valence electrons. The van der Waals surface area contributed by atoms with E-state index in [2.05, 4.69) is 15.5 Å². The lowest BCUT2D eigenvalue weighted by atomic mass is 10.2. The standard InChI is InChI=1S/C18H19Cl2N5O/c1-11-7-8-21-24(11)10-17(26)22-18-12(2)23-25(13(18)3)9-14-15(19)5-4-6-16(14)20/h4-8H,9-10H2,1-3H3,(H,22,26). The van der Waals surface area contributed by atoms with E-state index < -0.39 is 0 Å². The number of anilines is 1. The van der Waals surface area contributed by atoms with Crippen molar-refractivity contribution < 1.29 is 4.79 Å². The van der Waals surface area contributed by atoms with Crippen molar-refractivity contribution in [1.82, 2.24) is 19.6 Å². The lowest BCUT2D eigenvalue weighted by molar-refractivity contribution is -0.116. The summed E-state index contributed by atoms with van der Waals surface area (Å²) in [6.07, 6.45) is 1.67. The zero-order valence-corrected chi connectivity index (χ0v) is 16.3. The monoisotopic (exact) mass is 391 g/mol. The van der Waals surface area contributed by atoms with Crippen molar-refractivity contribution in [3.8, 4) is 0 Å². The van der Waals surface area contributed by atoms with Crippen LogP contribution < -0.4 is 5.32 Å². The van der Waals surface area contributed by atoms with Crippen LogP contribution in [0.4, 0.5) is 5.69 Å². The van der Waals surface area contributed by atoms with Crippen molar-refractivity contribution >= 4 is 34.8 Å². The summed E-state index contributed by atoms with van der Waals surface area (Å²) in [7, 11) is 0. The van der Waals surface area contributed by atoms with Crippen molar-refractivity contribution in [3.63, 3.8) is 0 Å². The molecule has 3 rings (SSSR count). The minimum absolute atomic E-state index is 0.152. The number of benzene rings is 1. The van der Waals surface area contributed by atoms with Crippen LogP contribution in [0.25, 0.3) is 0 Å². The molecule has 0 spiro atoms. The molecule has 0 aliphatic heterocycles. The third kappa shape index (κ3) is 3.76. The molecule has 0 unspecified atom stereocenters. The first-order valence-corrected chi connectivity index (χ1v) is 8.87. The number of carbonyl (C=O) groups is 1. The number of nitrogens with zero attached hydrogens (tertiary/aromatic N) is 4. The topological polar surface area (TPSA) is 64.7 Å². The number of halogens is 2. The van der Waals surface area contributed by atoms with Gasteiger partial charge in [-0.25, -0.2) is 0 Å². The quantitative estimate of drug-likeness (QED) is 0.714. The maximum atomic E-state index is 12.4. The van der Waals surface area contributed by atoms with E-state index in [0.29, 0.717) is 22.3 Å². The van der Waals surface area contributed by atoms with Crippen molar-refractivity contribution in [3.05, 3.63) is 63.2 Å². The second kappa shape index (κ2) is 7.51. The van der Waals surface area contributed by atoms with Gasteiger partial charge in [-0.3, -0.25) is 14.2 Å². The zero-order chi connectivity index (χ0) is 18.8. The fraction of sp³-hybridized carbons (Fsp3) is 0.278. The van der Waals surface area contributed by atoms with Crippen LogP contribution in [-0.2, 0) is 17.9 Å². The predicted octanol–water partition coefficient (Wildman–Crippen LogP) is 4.00. The Bertz CT molecular complexity index is 940. The molecule has 1 N–H and O–H groups in total. The Morgan fingerprint density at radius 1 is 1.12 bits per heavy atom. The van der Waals surface area contributed by atoms with Gasteiger partial charge in [0, 0.05) is 27.5 Å². The molecular formula is C18H19Cl2N5O. The Balaban J connectivity index is 1.80. The van der Waals surface area contributed by atoms with Gasteiger partial charge in [0.2, 0.25) is 5.91 Å². The van der Waals surface area contributed by atoms with Gasteiger partial charge in [0.05, 0.1) is 23.6 Å². The van der Waals surface area contributed by atoms with Crippen molar-refractivity contribution in [2.75, 3.05) is 5.32 Å². The second-order valence-corrected chi connectivity index (χ2v) is 6.90. The van der Waals surface area contributed by atoms with Gasteiger partial charge in [0.1, 0.15) is 6.54 Å². The van der Waals surface area contributed by atoms with Gasteiger partial charge in [-0.1, -0.05) is 29.3 Å². The number of hydrogen-bond acceptors (Lipinski definition) is 3. The summed E-state index contributed by atoms with van der Waals surface area (Å²) in [5, 5.41) is 12.8. The van der Waals surface area contributed by atoms with Gasteiger partial charge >= 0.3 is 0 Å².